The normalized spacial score (nSPS) is 11.3. The van der Waals surface area contributed by atoms with Gasteiger partial charge in [-0.15, -0.1) is 10.2 Å². The van der Waals surface area contributed by atoms with Crippen molar-refractivity contribution in [3.8, 4) is 11.7 Å². The van der Waals surface area contributed by atoms with Crippen molar-refractivity contribution in [1.29, 1.82) is 0 Å². The van der Waals surface area contributed by atoms with Crippen LogP contribution in [0.2, 0.25) is 10.0 Å². The molecule has 1 aromatic carbocycles. The van der Waals surface area contributed by atoms with Gasteiger partial charge in [-0.3, -0.25) is 4.90 Å². The second kappa shape index (κ2) is 6.52. The van der Waals surface area contributed by atoms with Crippen molar-refractivity contribution in [2.45, 2.75) is 13.1 Å². The molecular weight excluding hydrogens is 325 g/mol. The molecule has 0 spiro atoms. The molecule has 2 heterocycles. The summed E-state index contributed by atoms with van der Waals surface area (Å²) in [7, 11) is 1.95. The van der Waals surface area contributed by atoms with Crippen molar-refractivity contribution in [3.63, 3.8) is 0 Å². The highest BCUT2D eigenvalue weighted by atomic mass is 35.5. The van der Waals surface area contributed by atoms with Gasteiger partial charge in [-0.2, -0.15) is 0 Å². The molecule has 0 amide bonds. The molecule has 5 nitrogen and oxygen atoms in total. The van der Waals surface area contributed by atoms with E-state index in [4.69, 9.17) is 32.0 Å². The van der Waals surface area contributed by atoms with Gasteiger partial charge in [-0.05, 0) is 36.9 Å². The Morgan fingerprint density at radius 3 is 2.73 bits per heavy atom. The van der Waals surface area contributed by atoms with E-state index in [9.17, 15) is 0 Å². The molecule has 7 heteroatoms. The molecule has 114 valence electrons. The quantitative estimate of drug-likeness (QED) is 0.695. The van der Waals surface area contributed by atoms with Crippen LogP contribution >= 0.6 is 23.2 Å². The molecule has 0 fully saturated rings. The number of halogens is 2. The molecule has 0 unspecified atom stereocenters. The number of furan rings is 1. The minimum Gasteiger partial charge on any atom is -0.459 e. The molecule has 3 rings (SSSR count). The number of aromatic nitrogens is 2. The monoisotopic (exact) mass is 337 g/mol. The molecule has 0 aliphatic heterocycles. The zero-order valence-corrected chi connectivity index (χ0v) is 13.3. The van der Waals surface area contributed by atoms with Crippen molar-refractivity contribution in [3.05, 3.63) is 58.1 Å². The topological polar surface area (TPSA) is 55.3 Å². The lowest BCUT2D eigenvalue weighted by atomic mass is 10.2. The lowest BCUT2D eigenvalue weighted by Crippen LogP contribution is -2.17. The number of hydrogen-bond acceptors (Lipinski definition) is 5. The maximum Gasteiger partial charge on any atom is 0.283 e. The second-order valence-corrected chi connectivity index (χ2v) is 5.73. The van der Waals surface area contributed by atoms with E-state index in [1.807, 2.05) is 24.1 Å². The molecule has 0 aliphatic rings. The van der Waals surface area contributed by atoms with E-state index in [0.29, 0.717) is 40.7 Å². The molecule has 0 saturated carbocycles. The van der Waals surface area contributed by atoms with Gasteiger partial charge in [0.1, 0.15) is 0 Å². The minimum absolute atomic E-state index is 0.373. The van der Waals surface area contributed by atoms with Gasteiger partial charge in [0.15, 0.2) is 5.76 Å². The van der Waals surface area contributed by atoms with Crippen LogP contribution in [0.4, 0.5) is 0 Å². The number of rotatable bonds is 5. The average molecular weight is 338 g/mol. The van der Waals surface area contributed by atoms with Crippen molar-refractivity contribution in [2.75, 3.05) is 7.05 Å². The summed E-state index contributed by atoms with van der Waals surface area (Å²) < 4.78 is 10.8. The summed E-state index contributed by atoms with van der Waals surface area (Å²) in [6.45, 7) is 1.15. The van der Waals surface area contributed by atoms with Gasteiger partial charge < -0.3 is 8.83 Å². The molecule has 2 aromatic heterocycles. The Morgan fingerprint density at radius 1 is 1.14 bits per heavy atom. The van der Waals surface area contributed by atoms with E-state index in [2.05, 4.69) is 10.2 Å². The molecule has 0 atom stereocenters. The maximum atomic E-state index is 6.17. The van der Waals surface area contributed by atoms with Gasteiger partial charge in [0.05, 0.1) is 12.8 Å². The molecule has 0 saturated heterocycles. The van der Waals surface area contributed by atoms with Crippen LogP contribution in [0.5, 0.6) is 0 Å². The third kappa shape index (κ3) is 3.50. The van der Waals surface area contributed by atoms with E-state index < -0.39 is 0 Å². The van der Waals surface area contributed by atoms with Crippen LogP contribution in [0.25, 0.3) is 11.7 Å². The number of nitrogens with zero attached hydrogens (tertiary/aromatic N) is 3. The van der Waals surface area contributed by atoms with E-state index in [1.54, 1.807) is 24.5 Å². The highest BCUT2D eigenvalue weighted by molar-refractivity contribution is 6.35. The smallest absolute Gasteiger partial charge is 0.283 e. The first kappa shape index (κ1) is 15.1. The Hall–Kier alpha value is -1.82. The fraction of sp³-hybridized carbons (Fsp3) is 0.200. The Labute approximate surface area is 137 Å². The van der Waals surface area contributed by atoms with Gasteiger partial charge in [0.2, 0.25) is 5.89 Å². The van der Waals surface area contributed by atoms with Crippen LogP contribution in [0.3, 0.4) is 0 Å². The van der Waals surface area contributed by atoms with E-state index in [1.165, 1.54) is 0 Å². The first-order valence-electron chi connectivity index (χ1n) is 6.60. The summed E-state index contributed by atoms with van der Waals surface area (Å²) in [5, 5.41) is 9.25. The van der Waals surface area contributed by atoms with Crippen molar-refractivity contribution >= 4 is 23.2 Å². The molecule has 0 aliphatic carbocycles. The summed E-state index contributed by atoms with van der Waals surface area (Å²) in [6.07, 6.45) is 1.56. The van der Waals surface area contributed by atoms with E-state index in [0.717, 1.165) is 5.56 Å². The third-order valence-corrected chi connectivity index (χ3v) is 3.65. The van der Waals surface area contributed by atoms with Crippen LogP contribution in [0.15, 0.2) is 45.4 Å². The summed E-state index contributed by atoms with van der Waals surface area (Å²) in [5.41, 5.74) is 0.986. The molecule has 22 heavy (non-hydrogen) atoms. The Morgan fingerprint density at radius 2 is 2.00 bits per heavy atom. The third-order valence-electron chi connectivity index (χ3n) is 3.06. The number of hydrogen-bond donors (Lipinski definition) is 0. The summed E-state index contributed by atoms with van der Waals surface area (Å²) in [4.78, 5) is 2.02. The highest BCUT2D eigenvalue weighted by Gasteiger charge is 2.13. The maximum absolute atomic E-state index is 6.17. The Bertz CT molecular complexity index is 756. The van der Waals surface area contributed by atoms with Crippen molar-refractivity contribution in [2.24, 2.45) is 0 Å². The first-order chi connectivity index (χ1) is 10.6. The van der Waals surface area contributed by atoms with Crippen LogP contribution in [0.1, 0.15) is 11.5 Å². The van der Waals surface area contributed by atoms with Crippen LogP contribution < -0.4 is 0 Å². The lowest BCUT2D eigenvalue weighted by molar-refractivity contribution is 0.282. The van der Waals surface area contributed by atoms with E-state index in [-0.39, 0.29) is 0 Å². The lowest BCUT2D eigenvalue weighted by Gasteiger charge is -2.15. The zero-order valence-electron chi connectivity index (χ0n) is 11.8. The average Bonchev–Trinajstić information content (AvgIpc) is 3.12. The standard InChI is InChI=1S/C15H13Cl2N3O2/c1-20(8-10-4-5-11(16)7-12(10)17)9-14-18-19-15(22-14)13-3-2-6-21-13/h2-7H,8-9H2,1H3. The summed E-state index contributed by atoms with van der Waals surface area (Å²) >= 11 is 12.1. The van der Waals surface area contributed by atoms with Gasteiger partial charge in [0, 0.05) is 16.6 Å². The SMILES string of the molecule is CN(Cc1nnc(-c2ccco2)o1)Cc1ccc(Cl)cc1Cl. The van der Waals surface area contributed by atoms with Crippen LogP contribution in [-0.2, 0) is 13.1 Å². The van der Waals surface area contributed by atoms with Crippen LogP contribution in [0, 0.1) is 0 Å². The Kier molecular flexibility index (Phi) is 4.47. The number of benzene rings is 1. The zero-order chi connectivity index (χ0) is 15.5. The Balaban J connectivity index is 1.65. The fourth-order valence-corrected chi connectivity index (χ4v) is 2.51. The summed E-state index contributed by atoms with van der Waals surface area (Å²) in [6, 6.07) is 9.00. The molecule has 3 aromatic rings. The van der Waals surface area contributed by atoms with Gasteiger partial charge >= 0.3 is 0 Å². The molecule has 0 radical (unpaired) electrons. The highest BCUT2D eigenvalue weighted by Crippen LogP contribution is 2.23. The fourth-order valence-electron chi connectivity index (χ4n) is 2.04. The van der Waals surface area contributed by atoms with Crippen molar-refractivity contribution in [1.82, 2.24) is 15.1 Å². The van der Waals surface area contributed by atoms with Gasteiger partial charge in [-0.1, -0.05) is 29.3 Å². The first-order valence-corrected chi connectivity index (χ1v) is 7.36. The largest absolute Gasteiger partial charge is 0.459 e. The minimum atomic E-state index is 0.373. The van der Waals surface area contributed by atoms with Crippen LogP contribution in [-0.4, -0.2) is 22.1 Å². The molecule has 0 N–H and O–H groups in total. The van der Waals surface area contributed by atoms with Gasteiger partial charge in [0.25, 0.3) is 5.89 Å². The molecule has 0 bridgehead atoms. The predicted molar refractivity (Wildman–Crippen MR) is 83.6 cm³/mol. The van der Waals surface area contributed by atoms with Gasteiger partial charge in [-0.25, -0.2) is 0 Å². The predicted octanol–water partition coefficient (Wildman–Crippen LogP) is 4.27. The van der Waals surface area contributed by atoms with E-state index >= 15 is 0 Å². The second-order valence-electron chi connectivity index (χ2n) is 4.89. The van der Waals surface area contributed by atoms with Crippen molar-refractivity contribution < 1.29 is 8.83 Å². The summed E-state index contributed by atoms with van der Waals surface area (Å²) in [5.74, 6) is 1.44. The molecular formula is C15H13Cl2N3O2.